The third-order valence-corrected chi connectivity index (χ3v) is 2.73. The molecule has 0 aliphatic heterocycles. The molecule has 0 N–H and O–H groups in total. The van der Waals surface area contributed by atoms with E-state index in [4.69, 9.17) is 4.74 Å². The Labute approximate surface area is 108 Å². The zero-order valence-electron chi connectivity index (χ0n) is 10.9. The van der Waals surface area contributed by atoms with Crippen molar-refractivity contribution in [2.45, 2.75) is 39.0 Å². The second kappa shape index (κ2) is 8.45. The molecule has 3 heteroatoms. The number of unbranched alkanes of at least 4 members (excludes halogenated alkanes) is 3. The van der Waals surface area contributed by atoms with Gasteiger partial charge in [0.15, 0.2) is 0 Å². The maximum Gasteiger partial charge on any atom is 0.338 e. The van der Waals surface area contributed by atoms with E-state index >= 15 is 0 Å². The van der Waals surface area contributed by atoms with Crippen molar-refractivity contribution in [3.05, 3.63) is 35.4 Å². The Kier molecular flexibility index (Phi) is 6.77. The van der Waals surface area contributed by atoms with Gasteiger partial charge in [-0.25, -0.2) is 4.79 Å². The van der Waals surface area contributed by atoms with Gasteiger partial charge in [0, 0.05) is 6.42 Å². The van der Waals surface area contributed by atoms with Crippen LogP contribution in [0.4, 0.5) is 0 Å². The molecule has 3 nitrogen and oxygen atoms in total. The van der Waals surface area contributed by atoms with Crippen LogP contribution in [0.5, 0.6) is 0 Å². The van der Waals surface area contributed by atoms with Gasteiger partial charge in [0.1, 0.15) is 6.29 Å². The number of carbonyl (C=O) groups is 2. The van der Waals surface area contributed by atoms with E-state index in [0.717, 1.165) is 37.5 Å². The van der Waals surface area contributed by atoms with Gasteiger partial charge in [0.2, 0.25) is 0 Å². The lowest BCUT2D eigenvalue weighted by Gasteiger charge is -2.05. The summed E-state index contributed by atoms with van der Waals surface area (Å²) in [7, 11) is 0. The van der Waals surface area contributed by atoms with Crippen molar-refractivity contribution >= 4 is 12.3 Å². The van der Waals surface area contributed by atoms with Crippen molar-refractivity contribution in [2.24, 2.45) is 0 Å². The van der Waals surface area contributed by atoms with Gasteiger partial charge >= 0.3 is 5.97 Å². The molecule has 98 valence electrons. The molecule has 0 saturated heterocycles. The van der Waals surface area contributed by atoms with Crippen molar-refractivity contribution in [3.63, 3.8) is 0 Å². The number of benzene rings is 1. The van der Waals surface area contributed by atoms with Gasteiger partial charge in [-0.2, -0.15) is 0 Å². The van der Waals surface area contributed by atoms with Crippen molar-refractivity contribution in [3.8, 4) is 0 Å². The molecular weight excluding hydrogens is 228 g/mol. The second-order valence-electron chi connectivity index (χ2n) is 4.19. The zero-order valence-corrected chi connectivity index (χ0v) is 10.9. The molecule has 0 bridgehead atoms. The van der Waals surface area contributed by atoms with Crippen LogP contribution in [-0.4, -0.2) is 18.9 Å². The number of rotatable bonds is 8. The second-order valence-corrected chi connectivity index (χ2v) is 4.19. The van der Waals surface area contributed by atoms with Crippen LogP contribution in [0.2, 0.25) is 0 Å². The Morgan fingerprint density at radius 2 is 2.11 bits per heavy atom. The molecule has 0 spiro atoms. The predicted octanol–water partition coefficient (Wildman–Crippen LogP) is 3.17. The molecule has 0 aliphatic carbocycles. The molecule has 1 rings (SSSR count). The lowest BCUT2D eigenvalue weighted by atomic mass is 10.0. The summed E-state index contributed by atoms with van der Waals surface area (Å²) < 4.78 is 4.96. The fraction of sp³-hybridized carbons (Fsp3) is 0.467. The Bertz CT molecular complexity index is 385. The number of aldehydes is 1. The molecule has 0 radical (unpaired) electrons. The first-order chi connectivity index (χ1) is 8.77. The number of ether oxygens (including phenoxy) is 1. The van der Waals surface area contributed by atoms with Gasteiger partial charge in [-0.3, -0.25) is 0 Å². The van der Waals surface area contributed by atoms with E-state index in [1.54, 1.807) is 13.0 Å². The van der Waals surface area contributed by atoms with E-state index in [2.05, 4.69) is 0 Å². The summed E-state index contributed by atoms with van der Waals surface area (Å²) in [5.41, 5.74) is 1.76. The van der Waals surface area contributed by atoms with Crippen LogP contribution in [0, 0.1) is 0 Å². The number of hydrogen-bond acceptors (Lipinski definition) is 3. The first-order valence-corrected chi connectivity index (χ1v) is 6.47. The standard InChI is InChI=1S/C15H20O3/c1-2-18-15(17)14-10-7-9-13(12-14)8-5-3-4-6-11-16/h7,9-12H,2-6,8H2,1H3. The summed E-state index contributed by atoms with van der Waals surface area (Å²) in [6.07, 6.45) is 5.57. The fourth-order valence-corrected chi connectivity index (χ4v) is 1.80. The highest BCUT2D eigenvalue weighted by atomic mass is 16.5. The highest BCUT2D eigenvalue weighted by molar-refractivity contribution is 5.89. The molecule has 0 atom stereocenters. The van der Waals surface area contributed by atoms with Crippen LogP contribution in [-0.2, 0) is 16.0 Å². The van der Waals surface area contributed by atoms with E-state index in [9.17, 15) is 9.59 Å². The molecule has 0 unspecified atom stereocenters. The molecule has 0 saturated carbocycles. The van der Waals surface area contributed by atoms with Crippen molar-refractivity contribution in [1.29, 1.82) is 0 Å². The highest BCUT2D eigenvalue weighted by Crippen LogP contribution is 2.11. The third-order valence-electron chi connectivity index (χ3n) is 2.73. The zero-order chi connectivity index (χ0) is 13.2. The fourth-order valence-electron chi connectivity index (χ4n) is 1.80. The molecule has 1 aromatic rings. The normalized spacial score (nSPS) is 10.1. The minimum Gasteiger partial charge on any atom is -0.462 e. The number of hydrogen-bond donors (Lipinski definition) is 0. The van der Waals surface area contributed by atoms with E-state index < -0.39 is 0 Å². The van der Waals surface area contributed by atoms with Crippen molar-refractivity contribution in [1.82, 2.24) is 0 Å². The summed E-state index contributed by atoms with van der Waals surface area (Å²) in [6.45, 7) is 2.20. The molecule has 0 aliphatic rings. The quantitative estimate of drug-likeness (QED) is 0.403. The summed E-state index contributed by atoms with van der Waals surface area (Å²) in [5.74, 6) is -0.264. The van der Waals surface area contributed by atoms with E-state index in [1.165, 1.54) is 0 Å². The molecule has 18 heavy (non-hydrogen) atoms. The van der Waals surface area contributed by atoms with Gasteiger partial charge in [0.05, 0.1) is 12.2 Å². The first-order valence-electron chi connectivity index (χ1n) is 6.47. The third kappa shape index (κ3) is 5.13. The highest BCUT2D eigenvalue weighted by Gasteiger charge is 2.06. The van der Waals surface area contributed by atoms with Crippen LogP contribution < -0.4 is 0 Å². The predicted molar refractivity (Wildman–Crippen MR) is 70.6 cm³/mol. The minimum absolute atomic E-state index is 0.264. The molecule has 1 aromatic carbocycles. The summed E-state index contributed by atoms with van der Waals surface area (Å²) >= 11 is 0. The summed E-state index contributed by atoms with van der Waals surface area (Å²) in [5, 5.41) is 0. The topological polar surface area (TPSA) is 43.4 Å². The Morgan fingerprint density at radius 1 is 1.28 bits per heavy atom. The molecule has 0 fully saturated rings. The van der Waals surface area contributed by atoms with Gasteiger partial charge in [-0.05, 0) is 43.9 Å². The molecule has 0 aromatic heterocycles. The van der Waals surface area contributed by atoms with Gasteiger partial charge in [-0.1, -0.05) is 18.6 Å². The first kappa shape index (κ1) is 14.4. The van der Waals surface area contributed by atoms with Crippen LogP contribution in [0.25, 0.3) is 0 Å². The van der Waals surface area contributed by atoms with E-state index in [-0.39, 0.29) is 5.97 Å². The average Bonchev–Trinajstić information content (AvgIpc) is 2.39. The molecule has 0 amide bonds. The number of carbonyl (C=O) groups excluding carboxylic acids is 2. The van der Waals surface area contributed by atoms with Gasteiger partial charge in [-0.15, -0.1) is 0 Å². The summed E-state index contributed by atoms with van der Waals surface area (Å²) in [4.78, 5) is 21.7. The van der Waals surface area contributed by atoms with Gasteiger partial charge < -0.3 is 9.53 Å². The van der Waals surface area contributed by atoms with Crippen LogP contribution in [0.1, 0.15) is 48.5 Å². The van der Waals surface area contributed by atoms with E-state index in [1.807, 2.05) is 18.2 Å². The Morgan fingerprint density at radius 3 is 2.83 bits per heavy atom. The Balaban J connectivity index is 2.44. The smallest absolute Gasteiger partial charge is 0.338 e. The van der Waals surface area contributed by atoms with Crippen molar-refractivity contribution in [2.75, 3.05) is 6.61 Å². The molecule has 0 heterocycles. The Hall–Kier alpha value is -1.64. The number of aryl methyl sites for hydroxylation is 1. The lowest BCUT2D eigenvalue weighted by Crippen LogP contribution is -2.04. The summed E-state index contributed by atoms with van der Waals surface area (Å²) in [6, 6.07) is 7.56. The van der Waals surface area contributed by atoms with Crippen molar-refractivity contribution < 1.29 is 14.3 Å². The monoisotopic (exact) mass is 248 g/mol. The molecular formula is C15H20O3. The maximum atomic E-state index is 11.6. The lowest BCUT2D eigenvalue weighted by molar-refractivity contribution is -0.107. The maximum absolute atomic E-state index is 11.6. The van der Waals surface area contributed by atoms with Crippen LogP contribution >= 0.6 is 0 Å². The SMILES string of the molecule is CCOC(=O)c1cccc(CCCCCC=O)c1. The minimum atomic E-state index is -0.264. The van der Waals surface area contributed by atoms with Crippen LogP contribution in [0.15, 0.2) is 24.3 Å². The van der Waals surface area contributed by atoms with E-state index in [0.29, 0.717) is 18.6 Å². The average molecular weight is 248 g/mol. The van der Waals surface area contributed by atoms with Gasteiger partial charge in [0.25, 0.3) is 0 Å². The largest absolute Gasteiger partial charge is 0.462 e. The van der Waals surface area contributed by atoms with Crippen LogP contribution in [0.3, 0.4) is 0 Å². The number of esters is 1.